The highest BCUT2D eigenvalue weighted by Gasteiger charge is 2.40. The van der Waals surface area contributed by atoms with Gasteiger partial charge in [0.2, 0.25) is 11.7 Å². The molecule has 0 radical (unpaired) electrons. The molecule has 0 atom stereocenters. The molecule has 2 rings (SSSR count). The molecular formula is C15H24N2O3. The van der Waals surface area contributed by atoms with Crippen LogP contribution < -0.4 is 0 Å². The number of ether oxygens (including phenoxy) is 1. The van der Waals surface area contributed by atoms with Crippen molar-refractivity contribution in [2.75, 3.05) is 6.61 Å². The number of aryl methyl sites for hydroxylation is 1. The number of aromatic nitrogens is 2. The van der Waals surface area contributed by atoms with Crippen LogP contribution in [0.1, 0.15) is 64.6 Å². The summed E-state index contributed by atoms with van der Waals surface area (Å²) >= 11 is 0. The van der Waals surface area contributed by atoms with E-state index in [9.17, 15) is 4.79 Å². The highest BCUT2D eigenvalue weighted by Crippen LogP contribution is 2.41. The summed E-state index contributed by atoms with van der Waals surface area (Å²) < 4.78 is 11.3. The zero-order valence-corrected chi connectivity index (χ0v) is 12.6. The van der Waals surface area contributed by atoms with Crippen LogP contribution in [0.3, 0.4) is 0 Å². The van der Waals surface area contributed by atoms with Crippen LogP contribution in [0.25, 0.3) is 0 Å². The smallest absolute Gasteiger partial charge is 0.227 e. The molecule has 1 saturated carbocycles. The summed E-state index contributed by atoms with van der Waals surface area (Å²) in [5.74, 6) is 2.06. The fraction of sp³-hybridized carbons (Fsp3) is 0.800. The van der Waals surface area contributed by atoms with Gasteiger partial charge in [-0.15, -0.1) is 0 Å². The second-order valence-corrected chi connectivity index (χ2v) is 5.82. The molecule has 1 fully saturated rings. The fourth-order valence-corrected chi connectivity index (χ4v) is 2.76. The number of Topliss-reactive ketones (excluding diaryl/α,β-unsaturated/α-hetero) is 1. The van der Waals surface area contributed by atoms with Crippen molar-refractivity contribution in [1.29, 1.82) is 0 Å². The molecule has 0 amide bonds. The molecule has 1 aromatic rings. The number of nitrogens with zero attached hydrogens (tertiary/aromatic N) is 2. The lowest BCUT2D eigenvalue weighted by atomic mass is 9.79. The Kier molecular flexibility index (Phi) is 4.91. The third kappa shape index (κ3) is 3.45. The van der Waals surface area contributed by atoms with Gasteiger partial charge in [0.1, 0.15) is 11.4 Å². The van der Waals surface area contributed by atoms with E-state index in [1.807, 2.05) is 6.92 Å². The van der Waals surface area contributed by atoms with Crippen molar-refractivity contribution in [3.05, 3.63) is 11.7 Å². The molecule has 0 aliphatic heterocycles. The molecule has 0 N–H and O–H groups in total. The lowest BCUT2D eigenvalue weighted by Crippen LogP contribution is -2.35. The van der Waals surface area contributed by atoms with Gasteiger partial charge >= 0.3 is 0 Å². The minimum Gasteiger partial charge on any atom is -0.367 e. The molecule has 5 nitrogen and oxygen atoms in total. The first-order valence-electron chi connectivity index (χ1n) is 7.52. The van der Waals surface area contributed by atoms with E-state index >= 15 is 0 Å². The predicted molar refractivity (Wildman–Crippen MR) is 74.2 cm³/mol. The molecule has 0 unspecified atom stereocenters. The Hall–Kier alpha value is -1.23. The van der Waals surface area contributed by atoms with Crippen LogP contribution in [0, 0.1) is 5.92 Å². The Morgan fingerprint density at radius 1 is 1.45 bits per heavy atom. The van der Waals surface area contributed by atoms with Crippen molar-refractivity contribution in [2.45, 2.75) is 64.9 Å². The van der Waals surface area contributed by atoms with E-state index in [2.05, 4.69) is 17.1 Å². The minimum atomic E-state index is -0.390. The van der Waals surface area contributed by atoms with E-state index in [1.54, 1.807) is 6.92 Å². The van der Waals surface area contributed by atoms with E-state index in [0.29, 0.717) is 31.2 Å². The van der Waals surface area contributed by atoms with Gasteiger partial charge in [-0.1, -0.05) is 12.1 Å². The zero-order chi connectivity index (χ0) is 14.6. The van der Waals surface area contributed by atoms with Gasteiger partial charge in [0.25, 0.3) is 0 Å². The van der Waals surface area contributed by atoms with Gasteiger partial charge in [-0.2, -0.15) is 4.98 Å². The SMILES string of the molecule is CCOC1(c2noc(CCC(C)=O)n2)CCC(C)CC1. The first-order valence-corrected chi connectivity index (χ1v) is 7.52. The molecule has 0 aromatic carbocycles. The number of hydrogen-bond donors (Lipinski definition) is 0. The lowest BCUT2D eigenvalue weighted by Gasteiger charge is -2.36. The van der Waals surface area contributed by atoms with Crippen molar-refractivity contribution in [1.82, 2.24) is 10.1 Å². The molecule has 5 heteroatoms. The summed E-state index contributed by atoms with van der Waals surface area (Å²) in [5, 5.41) is 4.11. The Balaban J connectivity index is 2.11. The average Bonchev–Trinajstić information content (AvgIpc) is 2.89. The van der Waals surface area contributed by atoms with Gasteiger partial charge < -0.3 is 14.1 Å². The third-order valence-corrected chi connectivity index (χ3v) is 4.07. The van der Waals surface area contributed by atoms with Crippen LogP contribution in [0.15, 0.2) is 4.52 Å². The lowest BCUT2D eigenvalue weighted by molar-refractivity contribution is -0.117. The van der Waals surface area contributed by atoms with E-state index < -0.39 is 0 Å². The summed E-state index contributed by atoms with van der Waals surface area (Å²) in [4.78, 5) is 15.5. The molecule has 0 bridgehead atoms. The quantitative estimate of drug-likeness (QED) is 0.801. The molecule has 1 heterocycles. The van der Waals surface area contributed by atoms with Crippen molar-refractivity contribution >= 4 is 5.78 Å². The maximum Gasteiger partial charge on any atom is 0.227 e. The second-order valence-electron chi connectivity index (χ2n) is 5.82. The Morgan fingerprint density at radius 2 is 2.15 bits per heavy atom. The van der Waals surface area contributed by atoms with E-state index in [-0.39, 0.29) is 11.4 Å². The number of rotatable bonds is 6. The average molecular weight is 280 g/mol. The van der Waals surface area contributed by atoms with Gasteiger partial charge in [0.05, 0.1) is 0 Å². The summed E-state index contributed by atoms with van der Waals surface area (Å²) in [6, 6.07) is 0. The normalized spacial score (nSPS) is 26.6. The summed E-state index contributed by atoms with van der Waals surface area (Å²) in [6.45, 7) is 6.48. The molecule has 0 saturated heterocycles. The first-order chi connectivity index (χ1) is 9.55. The summed E-state index contributed by atoms with van der Waals surface area (Å²) in [5.41, 5.74) is -0.390. The molecule has 1 aliphatic carbocycles. The van der Waals surface area contributed by atoms with Crippen LogP contribution in [0.4, 0.5) is 0 Å². The Labute approximate surface area is 120 Å². The van der Waals surface area contributed by atoms with Gasteiger partial charge in [0.15, 0.2) is 0 Å². The van der Waals surface area contributed by atoms with Crippen molar-refractivity contribution < 1.29 is 14.1 Å². The molecule has 0 spiro atoms. The monoisotopic (exact) mass is 280 g/mol. The number of carbonyl (C=O) groups is 1. The Bertz CT molecular complexity index is 448. The van der Waals surface area contributed by atoms with Crippen molar-refractivity contribution in [2.24, 2.45) is 5.92 Å². The topological polar surface area (TPSA) is 65.2 Å². The molecule has 1 aromatic heterocycles. The standard InChI is InChI=1S/C15H24N2O3/c1-4-19-15(9-7-11(2)8-10-15)14-16-13(20-17-14)6-5-12(3)18/h11H,4-10H2,1-3H3. The number of carbonyl (C=O) groups excluding carboxylic acids is 1. The summed E-state index contributed by atoms with van der Waals surface area (Å²) in [6.07, 6.45) is 5.08. The highest BCUT2D eigenvalue weighted by atomic mass is 16.5. The molecule has 20 heavy (non-hydrogen) atoms. The van der Waals surface area contributed by atoms with Crippen LogP contribution in [0.5, 0.6) is 0 Å². The predicted octanol–water partition coefficient (Wildman–Crippen LogP) is 3.03. The van der Waals surface area contributed by atoms with E-state index in [0.717, 1.165) is 31.6 Å². The zero-order valence-electron chi connectivity index (χ0n) is 12.6. The van der Waals surface area contributed by atoms with Crippen LogP contribution in [-0.4, -0.2) is 22.5 Å². The van der Waals surface area contributed by atoms with Gasteiger partial charge in [-0.25, -0.2) is 0 Å². The minimum absolute atomic E-state index is 0.135. The number of hydrogen-bond acceptors (Lipinski definition) is 5. The maximum absolute atomic E-state index is 11.0. The molecule has 112 valence electrons. The first kappa shape index (κ1) is 15.2. The van der Waals surface area contributed by atoms with E-state index in [1.165, 1.54) is 0 Å². The molecule has 1 aliphatic rings. The highest BCUT2D eigenvalue weighted by molar-refractivity contribution is 5.75. The third-order valence-electron chi connectivity index (χ3n) is 4.07. The van der Waals surface area contributed by atoms with Crippen molar-refractivity contribution in [3.63, 3.8) is 0 Å². The fourth-order valence-electron chi connectivity index (χ4n) is 2.76. The van der Waals surface area contributed by atoms with Crippen molar-refractivity contribution in [3.8, 4) is 0 Å². The van der Waals surface area contributed by atoms with Gasteiger partial charge in [-0.05, 0) is 45.4 Å². The maximum atomic E-state index is 11.0. The summed E-state index contributed by atoms with van der Waals surface area (Å²) in [7, 11) is 0. The number of ketones is 1. The van der Waals surface area contributed by atoms with Crippen LogP contribution in [-0.2, 0) is 21.6 Å². The Morgan fingerprint density at radius 3 is 2.75 bits per heavy atom. The molecular weight excluding hydrogens is 256 g/mol. The van der Waals surface area contributed by atoms with E-state index in [4.69, 9.17) is 9.26 Å². The second kappa shape index (κ2) is 6.48. The van der Waals surface area contributed by atoms with Gasteiger partial charge in [-0.3, -0.25) is 0 Å². The van der Waals surface area contributed by atoms with Crippen LogP contribution >= 0.6 is 0 Å². The van der Waals surface area contributed by atoms with Crippen LogP contribution in [0.2, 0.25) is 0 Å². The largest absolute Gasteiger partial charge is 0.367 e. The van der Waals surface area contributed by atoms with Gasteiger partial charge in [0, 0.05) is 19.4 Å².